The van der Waals surface area contributed by atoms with Gasteiger partial charge in [-0.05, 0) is 55.0 Å². The van der Waals surface area contributed by atoms with Gasteiger partial charge >= 0.3 is 0 Å². The molecule has 2 aromatic rings. The monoisotopic (exact) mass is 535 g/mol. The van der Waals surface area contributed by atoms with Crippen LogP contribution in [0, 0.1) is 11.8 Å². The van der Waals surface area contributed by atoms with Crippen molar-refractivity contribution in [1.29, 1.82) is 0 Å². The first-order chi connectivity index (χ1) is 18.9. The van der Waals surface area contributed by atoms with Crippen molar-refractivity contribution in [3.05, 3.63) is 57.6 Å². The molecule has 0 spiro atoms. The Hall–Kier alpha value is -3.75. The maximum absolute atomic E-state index is 14.1. The first-order valence-corrected chi connectivity index (χ1v) is 13.7. The minimum Gasteiger partial charge on any atom is -0.493 e. The number of amides is 2. The third-order valence-corrected chi connectivity index (χ3v) is 8.23. The van der Waals surface area contributed by atoms with Crippen LogP contribution in [-0.4, -0.2) is 55.7 Å². The zero-order chi connectivity index (χ0) is 27.5. The molecule has 2 aliphatic heterocycles. The summed E-state index contributed by atoms with van der Waals surface area (Å²) in [5.74, 6) is 1.18. The molecule has 1 aromatic carbocycles. The number of ether oxygens (including phenoxy) is 3. The molecule has 208 valence electrons. The van der Waals surface area contributed by atoms with Gasteiger partial charge in [-0.1, -0.05) is 25.3 Å². The second-order valence-electron chi connectivity index (χ2n) is 10.7. The van der Waals surface area contributed by atoms with E-state index in [1.165, 1.54) is 21.3 Å². The number of pyridine rings is 1. The highest BCUT2D eigenvalue weighted by molar-refractivity contribution is 6.01. The number of piperidine rings is 1. The summed E-state index contributed by atoms with van der Waals surface area (Å²) in [5.41, 5.74) is 1.85. The summed E-state index contributed by atoms with van der Waals surface area (Å²) in [4.78, 5) is 41.6. The molecule has 0 radical (unpaired) electrons. The van der Waals surface area contributed by atoms with Gasteiger partial charge in [-0.3, -0.25) is 14.4 Å². The largest absolute Gasteiger partial charge is 0.493 e. The molecule has 0 unspecified atom stereocenters. The number of rotatable bonds is 7. The molecule has 5 rings (SSSR count). The fourth-order valence-electron chi connectivity index (χ4n) is 6.33. The Morgan fingerprint density at radius 3 is 2.33 bits per heavy atom. The smallest absolute Gasteiger partial charge is 0.270 e. The van der Waals surface area contributed by atoms with Gasteiger partial charge in [0.25, 0.3) is 11.5 Å². The SMILES string of the molecule is COc1cc(/C=C(/NC(=O)C2CCCCC2)C(=O)N2C[C@H]3C[C@@H](C2)c2cccc(=O)n2C3)cc(OC)c1OC. The van der Waals surface area contributed by atoms with Crippen molar-refractivity contribution < 1.29 is 23.8 Å². The maximum atomic E-state index is 14.1. The highest BCUT2D eigenvalue weighted by atomic mass is 16.5. The second kappa shape index (κ2) is 11.6. The number of benzene rings is 1. The van der Waals surface area contributed by atoms with Crippen molar-refractivity contribution in [2.45, 2.75) is 51.0 Å². The quantitative estimate of drug-likeness (QED) is 0.545. The molecule has 2 amide bonds. The Kier molecular flexibility index (Phi) is 7.95. The fraction of sp³-hybridized carbons (Fsp3) is 0.500. The van der Waals surface area contributed by atoms with Gasteiger partial charge in [0.2, 0.25) is 11.7 Å². The van der Waals surface area contributed by atoms with Crippen molar-refractivity contribution >= 4 is 17.9 Å². The molecule has 2 bridgehead atoms. The van der Waals surface area contributed by atoms with E-state index in [1.807, 2.05) is 15.5 Å². The van der Waals surface area contributed by atoms with Crippen molar-refractivity contribution in [1.82, 2.24) is 14.8 Å². The molecule has 9 heteroatoms. The number of carbonyl (C=O) groups excluding carboxylic acids is 2. The molecule has 9 nitrogen and oxygen atoms in total. The number of hydrogen-bond donors (Lipinski definition) is 1. The lowest BCUT2D eigenvalue weighted by molar-refractivity contribution is -0.133. The Balaban J connectivity index is 1.47. The van der Waals surface area contributed by atoms with Crippen LogP contribution in [0.4, 0.5) is 0 Å². The standard InChI is InChI=1S/C30H37N3O6/c1-37-25-14-19(15-26(38-2)28(25)39-3)13-23(31-29(35)21-8-5-4-6-9-21)30(36)32-16-20-12-22(18-32)24-10-7-11-27(34)33(24)17-20/h7,10-11,13-15,20-22H,4-6,8-9,12,16-18H2,1-3H3,(H,31,35)/b23-13+/t20-,22+/m1/s1. The van der Waals surface area contributed by atoms with Crippen molar-refractivity contribution in [2.75, 3.05) is 34.4 Å². The molecule has 2 atom stereocenters. The Bertz CT molecular complexity index is 1300. The number of hydrogen-bond acceptors (Lipinski definition) is 6. The summed E-state index contributed by atoms with van der Waals surface area (Å²) in [6.07, 6.45) is 7.47. The molecule has 3 heterocycles. The summed E-state index contributed by atoms with van der Waals surface area (Å²) in [7, 11) is 4.61. The molecular weight excluding hydrogens is 498 g/mol. The van der Waals surface area contributed by atoms with E-state index in [2.05, 4.69) is 5.32 Å². The van der Waals surface area contributed by atoms with Gasteiger partial charge in [-0.25, -0.2) is 0 Å². The zero-order valence-corrected chi connectivity index (χ0v) is 22.9. The van der Waals surface area contributed by atoms with E-state index in [0.29, 0.717) is 42.4 Å². The van der Waals surface area contributed by atoms with Gasteiger partial charge in [0.1, 0.15) is 5.70 Å². The van der Waals surface area contributed by atoms with Crippen LogP contribution in [0.1, 0.15) is 55.7 Å². The van der Waals surface area contributed by atoms with Crippen molar-refractivity contribution in [3.63, 3.8) is 0 Å². The van der Waals surface area contributed by atoms with E-state index in [1.54, 1.807) is 30.3 Å². The number of nitrogens with zero attached hydrogens (tertiary/aromatic N) is 2. The van der Waals surface area contributed by atoms with Gasteiger partial charge in [-0.15, -0.1) is 0 Å². The molecule has 1 saturated heterocycles. The van der Waals surface area contributed by atoms with Gasteiger partial charge in [-0.2, -0.15) is 0 Å². The summed E-state index contributed by atoms with van der Waals surface area (Å²) in [5, 5.41) is 2.99. The zero-order valence-electron chi connectivity index (χ0n) is 22.9. The van der Waals surface area contributed by atoms with Gasteiger partial charge in [0.15, 0.2) is 11.5 Å². The molecule has 1 aliphatic carbocycles. The van der Waals surface area contributed by atoms with Crippen LogP contribution in [-0.2, 0) is 16.1 Å². The van der Waals surface area contributed by atoms with Gasteiger partial charge in [0.05, 0.1) is 21.3 Å². The summed E-state index contributed by atoms with van der Waals surface area (Å²) >= 11 is 0. The van der Waals surface area contributed by atoms with Gasteiger partial charge in [0, 0.05) is 43.2 Å². The van der Waals surface area contributed by atoms with E-state index < -0.39 is 0 Å². The van der Waals surface area contributed by atoms with E-state index in [4.69, 9.17) is 14.2 Å². The Morgan fingerprint density at radius 1 is 0.949 bits per heavy atom. The lowest BCUT2D eigenvalue weighted by atomic mass is 9.83. The normalized spacial score (nSPS) is 21.1. The lowest BCUT2D eigenvalue weighted by Crippen LogP contribution is -2.51. The minimum absolute atomic E-state index is 0.00436. The van der Waals surface area contributed by atoms with Crippen LogP contribution in [0.3, 0.4) is 0 Å². The number of fused-ring (bicyclic) bond motifs is 4. The molecule has 3 aliphatic rings. The minimum atomic E-state index is -0.227. The van der Waals surface area contributed by atoms with Crippen LogP contribution >= 0.6 is 0 Å². The summed E-state index contributed by atoms with van der Waals surface area (Å²) in [6, 6.07) is 8.87. The molecule has 1 N–H and O–H groups in total. The summed E-state index contributed by atoms with van der Waals surface area (Å²) in [6.45, 7) is 1.61. The predicted molar refractivity (Wildman–Crippen MR) is 147 cm³/mol. The van der Waals surface area contributed by atoms with E-state index >= 15 is 0 Å². The van der Waals surface area contributed by atoms with E-state index in [9.17, 15) is 14.4 Å². The van der Waals surface area contributed by atoms with Crippen LogP contribution in [0.5, 0.6) is 17.2 Å². The van der Waals surface area contributed by atoms with Crippen LogP contribution < -0.4 is 25.1 Å². The molecule has 2 fully saturated rings. The van der Waals surface area contributed by atoms with Crippen LogP contribution in [0.25, 0.3) is 6.08 Å². The highest BCUT2D eigenvalue weighted by Crippen LogP contribution is 2.39. The fourth-order valence-corrected chi connectivity index (χ4v) is 6.33. The third-order valence-electron chi connectivity index (χ3n) is 8.23. The Labute approximate surface area is 228 Å². The maximum Gasteiger partial charge on any atom is 0.270 e. The number of carbonyl (C=O) groups is 2. The number of aromatic nitrogens is 1. The second-order valence-corrected chi connectivity index (χ2v) is 10.7. The topological polar surface area (TPSA) is 99.1 Å². The first-order valence-electron chi connectivity index (χ1n) is 13.7. The molecule has 1 saturated carbocycles. The number of likely N-dealkylation sites (tertiary alicyclic amines) is 1. The van der Waals surface area contributed by atoms with Crippen LogP contribution in [0.15, 0.2) is 40.8 Å². The molecule has 1 aromatic heterocycles. The average Bonchev–Trinajstić information content (AvgIpc) is 2.96. The average molecular weight is 536 g/mol. The number of methoxy groups -OCH3 is 3. The van der Waals surface area contributed by atoms with Crippen LogP contribution in [0.2, 0.25) is 0 Å². The van der Waals surface area contributed by atoms with Crippen molar-refractivity contribution in [3.8, 4) is 17.2 Å². The predicted octanol–water partition coefficient (Wildman–Crippen LogP) is 3.56. The Morgan fingerprint density at radius 2 is 1.67 bits per heavy atom. The van der Waals surface area contributed by atoms with Crippen molar-refractivity contribution in [2.24, 2.45) is 11.8 Å². The first kappa shape index (κ1) is 26.8. The molecular formula is C30H37N3O6. The lowest BCUT2D eigenvalue weighted by Gasteiger charge is -2.43. The van der Waals surface area contributed by atoms with E-state index in [-0.39, 0.29) is 40.8 Å². The highest BCUT2D eigenvalue weighted by Gasteiger charge is 2.37. The van der Waals surface area contributed by atoms with E-state index in [0.717, 1.165) is 44.2 Å². The summed E-state index contributed by atoms with van der Waals surface area (Å²) < 4.78 is 18.3. The molecule has 39 heavy (non-hydrogen) atoms. The third kappa shape index (κ3) is 5.53. The number of nitrogens with one attached hydrogen (secondary N) is 1. The van der Waals surface area contributed by atoms with Gasteiger partial charge < -0.3 is 29.0 Å².